The number of aromatic nitrogens is 5. The minimum atomic E-state index is -0.361. The number of fused-ring (bicyclic) bond motifs is 1. The standard InChI is InChI=1S/C11H11N7O/c12-3-5-1-2-6(14-4-5)8-15-7-9(16-8)17-11(13)18-10(7)19/h1-2,4H,3,12H2,(H4,13,15,16,17,18,19). The third kappa shape index (κ3) is 1.93. The zero-order valence-corrected chi connectivity index (χ0v) is 9.84. The van der Waals surface area contributed by atoms with Crippen molar-refractivity contribution in [3.05, 3.63) is 34.2 Å². The van der Waals surface area contributed by atoms with E-state index in [1.54, 1.807) is 12.3 Å². The number of anilines is 1. The highest BCUT2D eigenvalue weighted by molar-refractivity contribution is 5.74. The van der Waals surface area contributed by atoms with E-state index in [0.717, 1.165) is 5.56 Å². The van der Waals surface area contributed by atoms with Gasteiger partial charge in [0.1, 0.15) is 5.69 Å². The molecule has 3 rings (SSSR count). The highest BCUT2D eigenvalue weighted by Gasteiger charge is 2.10. The fourth-order valence-corrected chi connectivity index (χ4v) is 1.73. The molecule has 0 aliphatic heterocycles. The van der Waals surface area contributed by atoms with E-state index in [4.69, 9.17) is 11.5 Å². The molecule has 0 amide bonds. The third-order valence-electron chi connectivity index (χ3n) is 2.68. The SMILES string of the molecule is NCc1ccc(-c2nc3nc(N)[nH]c(=O)c3[nH]2)nc1. The van der Waals surface area contributed by atoms with Crippen LogP contribution in [0.3, 0.4) is 0 Å². The molecule has 0 unspecified atom stereocenters. The molecule has 6 N–H and O–H groups in total. The summed E-state index contributed by atoms with van der Waals surface area (Å²) in [5, 5.41) is 0. The summed E-state index contributed by atoms with van der Waals surface area (Å²) in [6.07, 6.45) is 1.66. The first-order chi connectivity index (χ1) is 9.17. The molecule has 19 heavy (non-hydrogen) atoms. The molecule has 3 heterocycles. The van der Waals surface area contributed by atoms with Crippen LogP contribution < -0.4 is 17.0 Å². The van der Waals surface area contributed by atoms with Crippen molar-refractivity contribution in [1.29, 1.82) is 0 Å². The Morgan fingerprint density at radius 2 is 2.05 bits per heavy atom. The summed E-state index contributed by atoms with van der Waals surface area (Å²) < 4.78 is 0. The van der Waals surface area contributed by atoms with Crippen LogP contribution in [0.25, 0.3) is 22.7 Å². The number of nitrogen functional groups attached to an aromatic ring is 1. The monoisotopic (exact) mass is 257 g/mol. The number of hydrogen-bond acceptors (Lipinski definition) is 6. The lowest BCUT2D eigenvalue weighted by molar-refractivity contribution is 1.05. The first-order valence-electron chi connectivity index (χ1n) is 5.58. The Morgan fingerprint density at radius 1 is 1.21 bits per heavy atom. The zero-order valence-electron chi connectivity index (χ0n) is 9.84. The van der Waals surface area contributed by atoms with Crippen molar-refractivity contribution in [3.8, 4) is 11.5 Å². The minimum Gasteiger partial charge on any atom is -0.369 e. The van der Waals surface area contributed by atoms with Gasteiger partial charge in [0, 0.05) is 12.7 Å². The van der Waals surface area contributed by atoms with E-state index in [1.165, 1.54) is 0 Å². The Balaban J connectivity index is 2.14. The molecule has 0 radical (unpaired) electrons. The van der Waals surface area contributed by atoms with Crippen LogP contribution in [-0.2, 0) is 6.54 Å². The Kier molecular flexibility index (Phi) is 2.50. The minimum absolute atomic E-state index is 0.0296. The largest absolute Gasteiger partial charge is 0.369 e. The molecule has 8 nitrogen and oxygen atoms in total. The molecule has 0 bridgehead atoms. The van der Waals surface area contributed by atoms with Crippen LogP contribution in [0.1, 0.15) is 5.56 Å². The van der Waals surface area contributed by atoms with Crippen molar-refractivity contribution in [2.24, 2.45) is 5.73 Å². The lowest BCUT2D eigenvalue weighted by Gasteiger charge is -1.97. The Labute approximate surface area is 106 Å². The van der Waals surface area contributed by atoms with Crippen LogP contribution in [0, 0.1) is 0 Å². The smallest absolute Gasteiger partial charge is 0.278 e. The van der Waals surface area contributed by atoms with Crippen LogP contribution >= 0.6 is 0 Å². The van der Waals surface area contributed by atoms with Gasteiger partial charge >= 0.3 is 0 Å². The second-order valence-corrected chi connectivity index (χ2v) is 3.99. The summed E-state index contributed by atoms with van der Waals surface area (Å²) in [5.41, 5.74) is 12.7. The molecule has 0 saturated heterocycles. The van der Waals surface area contributed by atoms with Crippen molar-refractivity contribution in [2.75, 3.05) is 5.73 Å². The number of nitrogens with zero attached hydrogens (tertiary/aromatic N) is 3. The predicted molar refractivity (Wildman–Crippen MR) is 70.0 cm³/mol. The van der Waals surface area contributed by atoms with Crippen LogP contribution in [0.2, 0.25) is 0 Å². The van der Waals surface area contributed by atoms with E-state index in [0.29, 0.717) is 18.1 Å². The van der Waals surface area contributed by atoms with Crippen molar-refractivity contribution >= 4 is 17.1 Å². The maximum atomic E-state index is 11.7. The second kappa shape index (κ2) is 4.18. The van der Waals surface area contributed by atoms with Gasteiger partial charge in [0.05, 0.1) is 0 Å². The Morgan fingerprint density at radius 3 is 2.74 bits per heavy atom. The van der Waals surface area contributed by atoms with Gasteiger partial charge in [-0.05, 0) is 11.6 Å². The predicted octanol–water partition coefficient (Wildman–Crippen LogP) is -0.251. The Hall–Kier alpha value is -2.74. The van der Waals surface area contributed by atoms with E-state index >= 15 is 0 Å². The fourth-order valence-electron chi connectivity index (χ4n) is 1.73. The van der Waals surface area contributed by atoms with Gasteiger partial charge in [-0.15, -0.1) is 0 Å². The first kappa shape index (κ1) is 11.4. The number of nitrogens with two attached hydrogens (primary N) is 2. The third-order valence-corrected chi connectivity index (χ3v) is 2.68. The number of nitrogens with one attached hydrogen (secondary N) is 2. The molecule has 96 valence electrons. The molecule has 0 saturated carbocycles. The number of imidazole rings is 1. The molecule has 0 aromatic carbocycles. The molecular weight excluding hydrogens is 246 g/mol. The average molecular weight is 257 g/mol. The highest BCUT2D eigenvalue weighted by Crippen LogP contribution is 2.15. The van der Waals surface area contributed by atoms with Crippen molar-refractivity contribution in [2.45, 2.75) is 6.54 Å². The molecule has 8 heteroatoms. The topological polar surface area (TPSA) is 139 Å². The number of H-pyrrole nitrogens is 2. The summed E-state index contributed by atoms with van der Waals surface area (Å²) in [6.45, 7) is 0.422. The quantitative estimate of drug-likeness (QED) is 0.499. The van der Waals surface area contributed by atoms with Gasteiger partial charge in [-0.1, -0.05) is 6.07 Å². The second-order valence-electron chi connectivity index (χ2n) is 3.99. The molecule has 3 aromatic heterocycles. The first-order valence-corrected chi connectivity index (χ1v) is 5.58. The summed E-state index contributed by atoms with van der Waals surface area (Å²) in [6, 6.07) is 3.62. The maximum absolute atomic E-state index is 11.7. The van der Waals surface area contributed by atoms with Gasteiger partial charge in [0.2, 0.25) is 5.95 Å². The van der Waals surface area contributed by atoms with Crippen LogP contribution in [-0.4, -0.2) is 24.9 Å². The molecule has 0 aliphatic carbocycles. The van der Waals surface area contributed by atoms with E-state index < -0.39 is 0 Å². The van der Waals surface area contributed by atoms with Gasteiger partial charge < -0.3 is 16.5 Å². The van der Waals surface area contributed by atoms with Gasteiger partial charge in [-0.2, -0.15) is 4.98 Å². The fraction of sp³-hybridized carbons (Fsp3) is 0.0909. The normalized spacial score (nSPS) is 11.0. The number of rotatable bonds is 2. The van der Waals surface area contributed by atoms with Gasteiger partial charge in [-0.3, -0.25) is 14.8 Å². The average Bonchev–Trinajstić information content (AvgIpc) is 2.83. The highest BCUT2D eigenvalue weighted by atomic mass is 16.1. The molecule has 0 fully saturated rings. The summed E-state index contributed by atoms with van der Waals surface area (Å²) in [5.74, 6) is 0.490. The zero-order chi connectivity index (χ0) is 13.4. The molecule has 0 atom stereocenters. The number of hydrogen-bond donors (Lipinski definition) is 4. The van der Waals surface area contributed by atoms with Crippen molar-refractivity contribution < 1.29 is 0 Å². The summed E-state index contributed by atoms with van der Waals surface area (Å²) >= 11 is 0. The lowest BCUT2D eigenvalue weighted by Crippen LogP contribution is -2.10. The van der Waals surface area contributed by atoms with Crippen molar-refractivity contribution in [1.82, 2.24) is 24.9 Å². The molecule has 0 spiro atoms. The summed E-state index contributed by atoms with van der Waals surface area (Å²) in [4.78, 5) is 29.3. The van der Waals surface area contributed by atoms with E-state index in [1.807, 2.05) is 6.07 Å². The van der Waals surface area contributed by atoms with Crippen LogP contribution in [0.4, 0.5) is 5.95 Å². The van der Waals surface area contributed by atoms with E-state index in [-0.39, 0.29) is 22.7 Å². The van der Waals surface area contributed by atoms with E-state index in [9.17, 15) is 4.79 Å². The van der Waals surface area contributed by atoms with Gasteiger partial charge in [0.15, 0.2) is 17.0 Å². The van der Waals surface area contributed by atoms with E-state index in [2.05, 4.69) is 24.9 Å². The van der Waals surface area contributed by atoms with Crippen molar-refractivity contribution in [3.63, 3.8) is 0 Å². The maximum Gasteiger partial charge on any atom is 0.278 e. The molecular formula is C11H11N7O. The molecule has 3 aromatic rings. The number of aromatic amines is 2. The van der Waals surface area contributed by atoms with Gasteiger partial charge in [-0.25, -0.2) is 4.98 Å². The summed E-state index contributed by atoms with van der Waals surface area (Å²) in [7, 11) is 0. The van der Waals surface area contributed by atoms with Crippen LogP contribution in [0.5, 0.6) is 0 Å². The lowest BCUT2D eigenvalue weighted by atomic mass is 10.2. The van der Waals surface area contributed by atoms with Crippen LogP contribution in [0.15, 0.2) is 23.1 Å². The van der Waals surface area contributed by atoms with Gasteiger partial charge in [0.25, 0.3) is 5.56 Å². The Bertz CT molecular complexity index is 787. The number of pyridine rings is 1. The molecule has 0 aliphatic rings.